The molecule has 74 valence electrons. The van der Waals surface area contributed by atoms with Crippen molar-refractivity contribution in [2.24, 2.45) is 0 Å². The van der Waals surface area contributed by atoms with Crippen molar-refractivity contribution in [3.63, 3.8) is 0 Å². The normalized spacial score (nSPS) is 9.93. The van der Waals surface area contributed by atoms with Crippen molar-refractivity contribution in [2.75, 3.05) is 11.9 Å². The van der Waals surface area contributed by atoms with Crippen LogP contribution in [0.5, 0.6) is 0 Å². The smallest absolute Gasteiger partial charge is 0.255 e. The topological polar surface area (TPSA) is 35.8 Å². The van der Waals surface area contributed by atoms with Gasteiger partial charge >= 0.3 is 0 Å². The van der Waals surface area contributed by atoms with Crippen LogP contribution >= 0.6 is 11.6 Å². The van der Waals surface area contributed by atoms with E-state index in [1.165, 1.54) is 18.2 Å². The van der Waals surface area contributed by atoms with E-state index >= 15 is 0 Å². The van der Waals surface area contributed by atoms with Crippen LogP contribution in [0.15, 0.2) is 18.2 Å². The monoisotopic (exact) mass is 216 g/mol. The quantitative estimate of drug-likeness (QED) is 0.843. The molecule has 1 aromatic rings. The highest BCUT2D eigenvalue weighted by molar-refractivity contribution is 6.33. The number of benzene rings is 1. The Morgan fingerprint density at radius 3 is 2.71 bits per heavy atom. The van der Waals surface area contributed by atoms with Crippen molar-refractivity contribution in [3.8, 4) is 6.07 Å². The molecule has 0 aromatic heterocycles. The van der Waals surface area contributed by atoms with Gasteiger partial charge in [-0.15, -0.1) is 0 Å². The Balaban J connectivity index is 2.75. The molecule has 0 amide bonds. The van der Waals surface area contributed by atoms with Gasteiger partial charge in [0.2, 0.25) is 0 Å². The Morgan fingerprint density at radius 2 is 2.21 bits per heavy atom. The summed E-state index contributed by atoms with van der Waals surface area (Å²) in [7, 11) is 0. The zero-order chi connectivity index (χ0) is 10.6. The molecule has 14 heavy (non-hydrogen) atoms. The second kappa shape index (κ2) is 4.77. The Labute approximate surface area is 85.1 Å². The molecule has 0 aliphatic rings. The van der Waals surface area contributed by atoms with Crippen molar-refractivity contribution in [3.05, 3.63) is 28.8 Å². The summed E-state index contributed by atoms with van der Waals surface area (Å²) in [6.45, 7) is -0.453. The molecule has 0 aliphatic heterocycles. The van der Waals surface area contributed by atoms with E-state index in [0.29, 0.717) is 11.3 Å². The van der Waals surface area contributed by atoms with Crippen LogP contribution in [0, 0.1) is 11.3 Å². The maximum atomic E-state index is 11.8. The number of halogens is 3. The van der Waals surface area contributed by atoms with E-state index in [1.54, 1.807) is 0 Å². The van der Waals surface area contributed by atoms with Gasteiger partial charge in [-0.1, -0.05) is 11.6 Å². The molecule has 0 heterocycles. The number of rotatable bonds is 3. The number of hydrogen-bond acceptors (Lipinski definition) is 2. The third-order valence-electron chi connectivity index (χ3n) is 1.55. The number of hydrogen-bond donors (Lipinski definition) is 1. The third kappa shape index (κ3) is 2.86. The SMILES string of the molecule is N#Cc1ccc(NCC(F)F)c(Cl)c1. The Kier molecular flexibility index (Phi) is 3.66. The van der Waals surface area contributed by atoms with Crippen LogP contribution in [0.4, 0.5) is 14.5 Å². The summed E-state index contributed by atoms with van der Waals surface area (Å²) in [4.78, 5) is 0. The Hall–Kier alpha value is -1.34. The lowest BCUT2D eigenvalue weighted by Gasteiger charge is -2.07. The standard InChI is InChI=1S/C9H7ClF2N2/c10-7-3-6(4-13)1-2-8(7)14-5-9(11)12/h1-3,9,14H,5H2. The van der Waals surface area contributed by atoms with Gasteiger partial charge in [-0.25, -0.2) is 8.78 Å². The molecular weight excluding hydrogens is 210 g/mol. The minimum atomic E-state index is -2.43. The maximum Gasteiger partial charge on any atom is 0.255 e. The van der Waals surface area contributed by atoms with Gasteiger partial charge < -0.3 is 5.32 Å². The first-order valence-electron chi connectivity index (χ1n) is 3.85. The largest absolute Gasteiger partial charge is 0.378 e. The fraction of sp³-hybridized carbons (Fsp3) is 0.222. The first kappa shape index (κ1) is 10.7. The van der Waals surface area contributed by atoms with Crippen LogP contribution in [0.25, 0.3) is 0 Å². The number of nitrogens with one attached hydrogen (secondary N) is 1. The number of alkyl halides is 2. The Morgan fingerprint density at radius 1 is 1.50 bits per heavy atom. The van der Waals surface area contributed by atoms with Crippen molar-refractivity contribution in [1.82, 2.24) is 0 Å². The highest BCUT2D eigenvalue weighted by Crippen LogP contribution is 2.22. The molecular formula is C9H7ClF2N2. The van der Waals surface area contributed by atoms with Gasteiger partial charge in [-0.3, -0.25) is 0 Å². The van der Waals surface area contributed by atoms with Gasteiger partial charge in [0.25, 0.3) is 6.43 Å². The lowest BCUT2D eigenvalue weighted by molar-refractivity contribution is 0.163. The molecule has 0 atom stereocenters. The molecule has 0 saturated carbocycles. The molecule has 0 aliphatic carbocycles. The average Bonchev–Trinajstić information content (AvgIpc) is 2.15. The fourth-order valence-corrected chi connectivity index (χ4v) is 1.16. The molecule has 0 bridgehead atoms. The van der Waals surface area contributed by atoms with Gasteiger partial charge in [0.05, 0.1) is 28.9 Å². The predicted molar refractivity (Wildman–Crippen MR) is 50.7 cm³/mol. The van der Waals surface area contributed by atoms with Gasteiger partial charge in [0, 0.05) is 0 Å². The van der Waals surface area contributed by atoms with E-state index in [4.69, 9.17) is 16.9 Å². The number of nitriles is 1. The molecule has 1 rings (SSSR count). The summed E-state index contributed by atoms with van der Waals surface area (Å²) in [6.07, 6.45) is -2.43. The van der Waals surface area contributed by atoms with Crippen LogP contribution in [0.3, 0.4) is 0 Å². The van der Waals surface area contributed by atoms with E-state index < -0.39 is 13.0 Å². The van der Waals surface area contributed by atoms with Crippen molar-refractivity contribution in [2.45, 2.75) is 6.43 Å². The van der Waals surface area contributed by atoms with Gasteiger partial charge in [-0.05, 0) is 18.2 Å². The van der Waals surface area contributed by atoms with Crippen LogP contribution in [0.1, 0.15) is 5.56 Å². The lowest BCUT2D eigenvalue weighted by Crippen LogP contribution is -2.10. The number of nitrogens with zero attached hydrogens (tertiary/aromatic N) is 1. The minimum absolute atomic E-state index is 0.268. The zero-order valence-corrected chi connectivity index (χ0v) is 7.85. The lowest BCUT2D eigenvalue weighted by atomic mass is 10.2. The van der Waals surface area contributed by atoms with Crippen LogP contribution < -0.4 is 5.32 Å². The first-order valence-corrected chi connectivity index (χ1v) is 4.23. The highest BCUT2D eigenvalue weighted by Gasteiger charge is 2.05. The molecule has 0 saturated heterocycles. The molecule has 0 spiro atoms. The Bertz CT molecular complexity index is 360. The molecule has 1 N–H and O–H groups in total. The molecule has 2 nitrogen and oxygen atoms in total. The van der Waals surface area contributed by atoms with Crippen molar-refractivity contribution < 1.29 is 8.78 Å². The summed E-state index contributed by atoms with van der Waals surface area (Å²) in [6, 6.07) is 6.34. The predicted octanol–water partition coefficient (Wildman–Crippen LogP) is 2.89. The van der Waals surface area contributed by atoms with E-state index in [0.717, 1.165) is 0 Å². The van der Waals surface area contributed by atoms with E-state index in [2.05, 4.69) is 5.32 Å². The minimum Gasteiger partial charge on any atom is -0.378 e. The summed E-state index contributed by atoms with van der Waals surface area (Å²) in [5, 5.41) is 11.3. The summed E-state index contributed by atoms with van der Waals surface area (Å²) >= 11 is 5.73. The summed E-state index contributed by atoms with van der Waals surface area (Å²) < 4.78 is 23.7. The van der Waals surface area contributed by atoms with Gasteiger partial charge in [0.15, 0.2) is 0 Å². The van der Waals surface area contributed by atoms with E-state index in [9.17, 15) is 8.78 Å². The third-order valence-corrected chi connectivity index (χ3v) is 1.86. The van der Waals surface area contributed by atoms with Crippen molar-refractivity contribution >= 4 is 17.3 Å². The highest BCUT2D eigenvalue weighted by atomic mass is 35.5. The van der Waals surface area contributed by atoms with E-state index in [-0.39, 0.29) is 5.02 Å². The second-order valence-corrected chi connectivity index (χ2v) is 2.99. The van der Waals surface area contributed by atoms with Gasteiger partial charge in [0.1, 0.15) is 0 Å². The second-order valence-electron chi connectivity index (χ2n) is 2.58. The van der Waals surface area contributed by atoms with Crippen molar-refractivity contribution in [1.29, 1.82) is 5.26 Å². The maximum absolute atomic E-state index is 11.8. The molecule has 0 fully saturated rings. The zero-order valence-electron chi connectivity index (χ0n) is 7.10. The molecule has 0 unspecified atom stereocenters. The summed E-state index contributed by atoms with van der Waals surface area (Å²) in [5.74, 6) is 0. The summed E-state index contributed by atoms with van der Waals surface area (Å²) in [5.41, 5.74) is 0.809. The molecule has 0 radical (unpaired) electrons. The fourth-order valence-electron chi connectivity index (χ4n) is 0.915. The van der Waals surface area contributed by atoms with Crippen LogP contribution in [-0.4, -0.2) is 13.0 Å². The van der Waals surface area contributed by atoms with E-state index in [1.807, 2.05) is 6.07 Å². The van der Waals surface area contributed by atoms with Crippen LogP contribution in [0.2, 0.25) is 5.02 Å². The average molecular weight is 217 g/mol. The van der Waals surface area contributed by atoms with Crippen LogP contribution in [-0.2, 0) is 0 Å². The molecule has 5 heteroatoms. The first-order chi connectivity index (χ1) is 6.63. The molecule has 1 aromatic carbocycles. The number of anilines is 1. The van der Waals surface area contributed by atoms with Gasteiger partial charge in [-0.2, -0.15) is 5.26 Å².